The molecule has 148 valence electrons. The van der Waals surface area contributed by atoms with Crippen LogP contribution in [0.5, 0.6) is 5.75 Å². The van der Waals surface area contributed by atoms with E-state index in [9.17, 15) is 9.59 Å². The third-order valence-corrected chi connectivity index (χ3v) is 4.54. The van der Waals surface area contributed by atoms with Crippen molar-refractivity contribution in [2.45, 2.75) is 18.2 Å². The Bertz CT molecular complexity index is 946. The zero-order valence-electron chi connectivity index (χ0n) is 15.7. The molecule has 3 aromatic carbocycles. The van der Waals surface area contributed by atoms with E-state index >= 15 is 0 Å². The lowest BCUT2D eigenvalue weighted by Crippen LogP contribution is -2.62. The molecule has 1 atom stereocenters. The summed E-state index contributed by atoms with van der Waals surface area (Å²) in [6.45, 7) is -0.0282. The number of esters is 2. The van der Waals surface area contributed by atoms with Gasteiger partial charge in [0.05, 0.1) is 6.17 Å². The van der Waals surface area contributed by atoms with Crippen molar-refractivity contribution < 1.29 is 19.1 Å². The number of benzene rings is 3. The summed E-state index contributed by atoms with van der Waals surface area (Å²) < 4.78 is 10.9. The lowest BCUT2D eigenvalue weighted by atomic mass is 9.77. The van der Waals surface area contributed by atoms with Gasteiger partial charge in [-0.05, 0) is 23.3 Å². The summed E-state index contributed by atoms with van der Waals surface area (Å²) in [6, 6.07) is 25.9. The molecular formula is C23H22N2O4. The number of carbonyl (C=O) groups excluding carboxylic acids is 2. The minimum atomic E-state index is -2.02. The average molecular weight is 390 g/mol. The molecule has 0 aliphatic rings. The molecule has 1 unspecified atom stereocenters. The minimum Gasteiger partial charge on any atom is -0.460 e. The van der Waals surface area contributed by atoms with Gasteiger partial charge < -0.3 is 20.9 Å². The fourth-order valence-corrected chi connectivity index (χ4v) is 3.00. The molecule has 0 radical (unpaired) electrons. The third-order valence-electron chi connectivity index (χ3n) is 4.54. The number of nitrogens with two attached hydrogens (primary N) is 2. The van der Waals surface area contributed by atoms with E-state index < -0.39 is 23.5 Å². The zero-order valence-corrected chi connectivity index (χ0v) is 15.7. The molecule has 6 heteroatoms. The molecule has 3 aromatic rings. The van der Waals surface area contributed by atoms with E-state index in [0.717, 1.165) is 5.56 Å². The van der Waals surface area contributed by atoms with Crippen molar-refractivity contribution in [2.24, 2.45) is 11.5 Å². The van der Waals surface area contributed by atoms with E-state index in [-0.39, 0.29) is 12.4 Å². The van der Waals surface area contributed by atoms with Gasteiger partial charge in [0.2, 0.25) is 5.41 Å². The number of hydrogen-bond acceptors (Lipinski definition) is 6. The Kier molecular flexibility index (Phi) is 6.39. The summed E-state index contributed by atoms with van der Waals surface area (Å²) in [5.74, 6) is -1.50. The second-order valence-electron chi connectivity index (χ2n) is 6.46. The van der Waals surface area contributed by atoms with Gasteiger partial charge in [-0.3, -0.25) is 4.79 Å². The molecule has 0 heterocycles. The van der Waals surface area contributed by atoms with E-state index in [1.54, 1.807) is 60.7 Å². The SMILES string of the molecule is NC(N)C(C(=O)OCc1ccccc1)(C(=O)Oc1ccccc1)c1ccccc1. The van der Waals surface area contributed by atoms with Crippen molar-refractivity contribution in [3.8, 4) is 5.75 Å². The standard InChI is InChI=1S/C23H22N2O4/c24-20(25)23(18-12-6-2-7-13-18,22(27)29-19-14-8-3-9-15-19)21(26)28-16-17-10-4-1-5-11-17/h1-15,20H,16,24-25H2. The molecule has 0 saturated heterocycles. The Labute approximate surface area is 169 Å². The fraction of sp³-hybridized carbons (Fsp3) is 0.130. The van der Waals surface area contributed by atoms with Gasteiger partial charge in [-0.2, -0.15) is 0 Å². The van der Waals surface area contributed by atoms with Crippen molar-refractivity contribution in [3.63, 3.8) is 0 Å². The predicted octanol–water partition coefficient (Wildman–Crippen LogP) is 2.52. The number of para-hydroxylation sites is 1. The van der Waals surface area contributed by atoms with Crippen LogP contribution in [0.3, 0.4) is 0 Å². The molecule has 0 saturated carbocycles. The Morgan fingerprint density at radius 1 is 0.759 bits per heavy atom. The topological polar surface area (TPSA) is 105 Å². The first-order valence-corrected chi connectivity index (χ1v) is 9.10. The molecule has 0 amide bonds. The molecule has 6 nitrogen and oxygen atoms in total. The van der Waals surface area contributed by atoms with Gasteiger partial charge in [-0.1, -0.05) is 78.9 Å². The summed E-state index contributed by atoms with van der Waals surface area (Å²) in [5.41, 5.74) is 11.1. The molecule has 0 spiro atoms. The quantitative estimate of drug-likeness (QED) is 0.278. The Morgan fingerprint density at radius 3 is 1.83 bits per heavy atom. The normalized spacial score (nSPS) is 12.8. The van der Waals surface area contributed by atoms with Gasteiger partial charge in [0, 0.05) is 0 Å². The van der Waals surface area contributed by atoms with E-state index in [1.807, 2.05) is 30.3 Å². The van der Waals surface area contributed by atoms with Gasteiger partial charge in [0.15, 0.2) is 0 Å². The number of carbonyl (C=O) groups is 2. The van der Waals surface area contributed by atoms with Crippen LogP contribution in [0.1, 0.15) is 11.1 Å². The van der Waals surface area contributed by atoms with Gasteiger partial charge in [0.25, 0.3) is 0 Å². The van der Waals surface area contributed by atoms with E-state index in [1.165, 1.54) is 0 Å². The van der Waals surface area contributed by atoms with E-state index in [4.69, 9.17) is 20.9 Å². The van der Waals surface area contributed by atoms with Crippen molar-refractivity contribution in [1.29, 1.82) is 0 Å². The van der Waals surface area contributed by atoms with Crippen molar-refractivity contribution in [3.05, 3.63) is 102 Å². The van der Waals surface area contributed by atoms with Crippen molar-refractivity contribution >= 4 is 11.9 Å². The molecule has 0 aliphatic carbocycles. The van der Waals surface area contributed by atoms with Crippen LogP contribution < -0.4 is 16.2 Å². The summed E-state index contributed by atoms with van der Waals surface area (Å²) in [5, 5.41) is 0. The maximum absolute atomic E-state index is 13.2. The molecule has 29 heavy (non-hydrogen) atoms. The number of ether oxygens (including phenoxy) is 2. The van der Waals surface area contributed by atoms with Gasteiger partial charge in [-0.15, -0.1) is 0 Å². The molecule has 0 bridgehead atoms. The zero-order chi connectivity index (χ0) is 20.7. The molecular weight excluding hydrogens is 368 g/mol. The van der Waals surface area contributed by atoms with Crippen LogP contribution in [0.4, 0.5) is 0 Å². The lowest BCUT2D eigenvalue weighted by Gasteiger charge is -2.32. The van der Waals surface area contributed by atoms with Gasteiger partial charge >= 0.3 is 11.9 Å². The highest BCUT2D eigenvalue weighted by molar-refractivity contribution is 6.08. The molecule has 0 fully saturated rings. The smallest absolute Gasteiger partial charge is 0.336 e. The monoisotopic (exact) mass is 390 g/mol. The highest BCUT2D eigenvalue weighted by atomic mass is 16.6. The highest BCUT2D eigenvalue weighted by Gasteiger charge is 2.54. The van der Waals surface area contributed by atoms with Crippen LogP contribution in [0.15, 0.2) is 91.0 Å². The Balaban J connectivity index is 1.97. The van der Waals surface area contributed by atoms with Crippen LogP contribution in [-0.4, -0.2) is 18.1 Å². The largest absolute Gasteiger partial charge is 0.460 e. The second kappa shape index (κ2) is 9.14. The lowest BCUT2D eigenvalue weighted by molar-refractivity contribution is -0.162. The summed E-state index contributed by atoms with van der Waals surface area (Å²) >= 11 is 0. The van der Waals surface area contributed by atoms with E-state index in [0.29, 0.717) is 5.56 Å². The third kappa shape index (κ3) is 4.34. The minimum absolute atomic E-state index is 0.0282. The van der Waals surface area contributed by atoms with Crippen LogP contribution in [0.2, 0.25) is 0 Å². The van der Waals surface area contributed by atoms with E-state index in [2.05, 4.69) is 0 Å². The van der Waals surface area contributed by atoms with Gasteiger partial charge in [0.1, 0.15) is 12.4 Å². The van der Waals surface area contributed by atoms with Crippen molar-refractivity contribution in [2.75, 3.05) is 0 Å². The number of hydrogen-bond donors (Lipinski definition) is 2. The summed E-state index contributed by atoms with van der Waals surface area (Å²) in [7, 11) is 0. The Morgan fingerprint density at radius 2 is 1.28 bits per heavy atom. The maximum atomic E-state index is 13.2. The molecule has 4 N–H and O–H groups in total. The first-order chi connectivity index (χ1) is 14.0. The van der Waals surface area contributed by atoms with Crippen LogP contribution in [0, 0.1) is 0 Å². The average Bonchev–Trinajstić information content (AvgIpc) is 2.75. The van der Waals surface area contributed by atoms with Crippen LogP contribution >= 0.6 is 0 Å². The van der Waals surface area contributed by atoms with Crippen LogP contribution in [-0.2, 0) is 26.3 Å². The first-order valence-electron chi connectivity index (χ1n) is 9.10. The number of rotatable bonds is 7. The van der Waals surface area contributed by atoms with Gasteiger partial charge in [-0.25, -0.2) is 4.79 Å². The molecule has 3 rings (SSSR count). The Hall–Kier alpha value is -3.48. The van der Waals surface area contributed by atoms with Crippen molar-refractivity contribution in [1.82, 2.24) is 0 Å². The fourth-order valence-electron chi connectivity index (χ4n) is 3.00. The highest BCUT2D eigenvalue weighted by Crippen LogP contribution is 2.30. The summed E-state index contributed by atoms with van der Waals surface area (Å²) in [6.07, 6.45) is -1.38. The maximum Gasteiger partial charge on any atom is 0.336 e. The van der Waals surface area contributed by atoms with Crippen LogP contribution in [0.25, 0.3) is 0 Å². The molecule has 0 aromatic heterocycles. The molecule has 0 aliphatic heterocycles. The summed E-state index contributed by atoms with van der Waals surface area (Å²) in [4.78, 5) is 26.5. The predicted molar refractivity (Wildman–Crippen MR) is 109 cm³/mol. The first kappa shape index (κ1) is 20.3. The second-order valence-corrected chi connectivity index (χ2v) is 6.46.